The Morgan fingerprint density at radius 2 is 1.56 bits per heavy atom. The van der Waals surface area contributed by atoms with E-state index in [2.05, 4.69) is 38.8 Å². The zero-order chi connectivity index (χ0) is 28.0. The standard InChI is InChI=1S/C35H56O3S/c1-24(2)8-7-9-25(3)31-16-17-32-30-15-12-28-23-27(18-20-34(28,4)33(30)19-21-35(31,32)5)22-26-10-13-29(14-11-26)39(36,37)38-6/h10-11,13-14,24-25,27-28,30-33H,7-9,12,15-23H2,1-6H3/t25?,27?,28?,30?,31?,32?,33?,34-,35+/m0/s1. The van der Waals surface area contributed by atoms with Crippen LogP contribution in [0.1, 0.15) is 117 Å². The van der Waals surface area contributed by atoms with Crippen molar-refractivity contribution in [3.05, 3.63) is 29.8 Å². The number of fused-ring (bicyclic) bond motifs is 5. The van der Waals surface area contributed by atoms with Gasteiger partial charge >= 0.3 is 0 Å². The highest BCUT2D eigenvalue weighted by molar-refractivity contribution is 7.86. The molecule has 0 saturated heterocycles. The molecule has 0 radical (unpaired) electrons. The lowest BCUT2D eigenvalue weighted by atomic mass is 9.44. The van der Waals surface area contributed by atoms with Crippen LogP contribution >= 0.6 is 0 Å². The third-order valence-corrected chi connectivity index (χ3v) is 14.2. The van der Waals surface area contributed by atoms with Gasteiger partial charge in [0, 0.05) is 0 Å². The number of hydrogen-bond donors (Lipinski definition) is 0. The molecular weight excluding hydrogens is 500 g/mol. The van der Waals surface area contributed by atoms with Crippen LogP contribution in [0.2, 0.25) is 0 Å². The van der Waals surface area contributed by atoms with E-state index in [9.17, 15) is 8.42 Å². The third kappa shape index (κ3) is 5.64. The van der Waals surface area contributed by atoms with Crippen LogP contribution in [0, 0.1) is 58.2 Å². The summed E-state index contributed by atoms with van der Waals surface area (Å²) in [5, 5.41) is 0. The SMILES string of the molecule is COS(=O)(=O)c1ccc(CC2CC[C@@]3(C)C(CCC4C5CCC(C(C)CCCC(C)C)[C@@]5(C)CCC43)C2)cc1. The van der Waals surface area contributed by atoms with E-state index in [0.29, 0.717) is 10.8 Å². The molecule has 0 aliphatic heterocycles. The van der Waals surface area contributed by atoms with Crippen molar-refractivity contribution in [2.75, 3.05) is 7.11 Å². The lowest BCUT2D eigenvalue weighted by Crippen LogP contribution is -2.53. The Morgan fingerprint density at radius 3 is 2.26 bits per heavy atom. The van der Waals surface area contributed by atoms with Gasteiger partial charge in [0.25, 0.3) is 10.1 Å². The molecule has 0 heterocycles. The van der Waals surface area contributed by atoms with E-state index in [4.69, 9.17) is 0 Å². The first-order chi connectivity index (χ1) is 18.5. The molecule has 220 valence electrons. The van der Waals surface area contributed by atoms with Gasteiger partial charge in [-0.2, -0.15) is 8.42 Å². The Kier molecular flexibility index (Phi) is 8.68. The topological polar surface area (TPSA) is 43.4 Å². The molecule has 4 heteroatoms. The van der Waals surface area contributed by atoms with E-state index >= 15 is 0 Å². The van der Waals surface area contributed by atoms with Gasteiger partial charge in [0.2, 0.25) is 0 Å². The van der Waals surface area contributed by atoms with Crippen molar-refractivity contribution in [1.29, 1.82) is 0 Å². The molecular formula is C35H56O3S. The average molecular weight is 557 g/mol. The highest BCUT2D eigenvalue weighted by atomic mass is 32.2. The molecule has 4 aliphatic rings. The van der Waals surface area contributed by atoms with Crippen molar-refractivity contribution in [2.24, 2.45) is 58.2 Å². The van der Waals surface area contributed by atoms with Crippen LogP contribution in [0.3, 0.4) is 0 Å². The Labute approximate surface area is 240 Å². The van der Waals surface area contributed by atoms with Gasteiger partial charge in [-0.3, -0.25) is 4.18 Å². The summed E-state index contributed by atoms with van der Waals surface area (Å²) in [5.41, 5.74) is 2.37. The maximum absolute atomic E-state index is 12.0. The Balaban J connectivity index is 1.21. The molecule has 9 atom stereocenters. The summed E-state index contributed by atoms with van der Waals surface area (Å²) < 4.78 is 28.7. The predicted molar refractivity (Wildman–Crippen MR) is 161 cm³/mol. The summed E-state index contributed by atoms with van der Waals surface area (Å²) in [6, 6.07) is 7.43. The van der Waals surface area contributed by atoms with Crippen LogP contribution in [0.4, 0.5) is 0 Å². The number of benzene rings is 1. The molecule has 39 heavy (non-hydrogen) atoms. The molecule has 7 unspecified atom stereocenters. The van der Waals surface area contributed by atoms with Crippen molar-refractivity contribution in [1.82, 2.24) is 0 Å². The minimum Gasteiger partial charge on any atom is -0.270 e. The van der Waals surface area contributed by atoms with Crippen molar-refractivity contribution < 1.29 is 12.6 Å². The van der Waals surface area contributed by atoms with Crippen LogP contribution in [0.15, 0.2) is 29.2 Å². The fourth-order valence-electron chi connectivity index (χ4n) is 10.8. The van der Waals surface area contributed by atoms with Gasteiger partial charge in [-0.15, -0.1) is 0 Å². The lowest BCUT2D eigenvalue weighted by molar-refractivity contribution is -0.121. The summed E-state index contributed by atoms with van der Waals surface area (Å²) in [4.78, 5) is 0.256. The normalized spacial score (nSPS) is 39.2. The molecule has 3 nitrogen and oxygen atoms in total. The molecule has 5 rings (SSSR count). The van der Waals surface area contributed by atoms with Gasteiger partial charge in [-0.1, -0.05) is 66.0 Å². The largest absolute Gasteiger partial charge is 0.296 e. The van der Waals surface area contributed by atoms with E-state index in [0.717, 1.165) is 53.8 Å². The number of hydrogen-bond acceptors (Lipinski definition) is 3. The average Bonchev–Trinajstić information content (AvgIpc) is 3.26. The highest BCUT2D eigenvalue weighted by Gasteiger charge is 2.60. The molecule has 4 aliphatic carbocycles. The first-order valence-corrected chi connectivity index (χ1v) is 17.8. The van der Waals surface area contributed by atoms with Crippen molar-refractivity contribution >= 4 is 10.1 Å². The minimum absolute atomic E-state index is 0.256. The van der Waals surface area contributed by atoms with E-state index in [1.807, 2.05) is 12.1 Å². The van der Waals surface area contributed by atoms with Gasteiger partial charge in [-0.25, -0.2) is 0 Å². The van der Waals surface area contributed by atoms with Crippen molar-refractivity contribution in [3.63, 3.8) is 0 Å². The monoisotopic (exact) mass is 556 g/mol. The second-order valence-electron chi connectivity index (χ2n) is 15.3. The smallest absolute Gasteiger partial charge is 0.270 e. The van der Waals surface area contributed by atoms with Crippen molar-refractivity contribution in [3.8, 4) is 0 Å². The summed E-state index contributed by atoms with van der Waals surface area (Å²) in [7, 11) is -2.38. The lowest BCUT2D eigenvalue weighted by Gasteiger charge is -2.61. The van der Waals surface area contributed by atoms with Gasteiger partial charge in [0.15, 0.2) is 0 Å². The quantitative estimate of drug-likeness (QED) is 0.285. The molecule has 0 bridgehead atoms. The molecule has 4 saturated carbocycles. The van der Waals surface area contributed by atoms with Gasteiger partial charge in [0.1, 0.15) is 0 Å². The first kappa shape index (κ1) is 29.6. The Morgan fingerprint density at radius 1 is 0.872 bits per heavy atom. The Hall–Kier alpha value is -0.870. The van der Waals surface area contributed by atoms with Crippen LogP contribution in [0.5, 0.6) is 0 Å². The van der Waals surface area contributed by atoms with Crippen LogP contribution in [-0.2, 0) is 20.7 Å². The first-order valence-electron chi connectivity index (χ1n) is 16.4. The fraction of sp³-hybridized carbons (Fsp3) is 0.829. The number of rotatable bonds is 9. The van der Waals surface area contributed by atoms with Gasteiger partial charge in [-0.05, 0) is 140 Å². The fourth-order valence-corrected chi connectivity index (χ4v) is 11.4. The summed E-state index contributed by atoms with van der Waals surface area (Å²) >= 11 is 0. The van der Waals surface area contributed by atoms with E-state index in [-0.39, 0.29) is 4.90 Å². The molecule has 0 aromatic heterocycles. The molecule has 1 aromatic rings. The Bertz CT molecular complexity index is 1080. The second kappa shape index (κ2) is 11.4. The highest BCUT2D eigenvalue weighted by Crippen LogP contribution is 2.68. The summed E-state index contributed by atoms with van der Waals surface area (Å²) in [6.07, 6.45) is 18.2. The van der Waals surface area contributed by atoms with Gasteiger partial charge < -0.3 is 0 Å². The van der Waals surface area contributed by atoms with E-state index in [1.54, 1.807) is 12.1 Å². The third-order valence-electron chi connectivity index (χ3n) is 12.9. The van der Waals surface area contributed by atoms with Gasteiger partial charge in [0.05, 0.1) is 12.0 Å². The van der Waals surface area contributed by atoms with E-state index < -0.39 is 10.1 Å². The summed E-state index contributed by atoms with van der Waals surface area (Å²) in [5.74, 6) is 7.12. The van der Waals surface area contributed by atoms with E-state index in [1.165, 1.54) is 89.7 Å². The zero-order valence-corrected chi connectivity index (χ0v) is 26.6. The molecule has 0 amide bonds. The van der Waals surface area contributed by atoms with Crippen molar-refractivity contribution in [2.45, 2.75) is 123 Å². The zero-order valence-electron chi connectivity index (χ0n) is 25.8. The predicted octanol–water partition coefficient (Wildman–Crippen LogP) is 9.30. The second-order valence-corrected chi connectivity index (χ2v) is 17.0. The maximum atomic E-state index is 12.0. The molecule has 1 aromatic carbocycles. The summed E-state index contributed by atoms with van der Waals surface area (Å²) in [6.45, 7) is 12.8. The molecule has 0 spiro atoms. The molecule has 0 N–H and O–H groups in total. The van der Waals surface area contributed by atoms with Crippen LogP contribution < -0.4 is 0 Å². The minimum atomic E-state index is -3.61. The van der Waals surface area contributed by atoms with Crippen LogP contribution in [-0.4, -0.2) is 15.5 Å². The molecule has 4 fully saturated rings. The maximum Gasteiger partial charge on any atom is 0.296 e. The van der Waals surface area contributed by atoms with Crippen LogP contribution in [0.25, 0.3) is 0 Å².